The Morgan fingerprint density at radius 3 is 2.96 bits per heavy atom. The first-order chi connectivity index (χ1) is 13.4. The fourth-order valence-corrected chi connectivity index (χ4v) is 5.89. The molecule has 0 radical (unpaired) electrons. The smallest absolute Gasteiger partial charge is 0.202 e. The van der Waals surface area contributed by atoms with Gasteiger partial charge in [0.2, 0.25) is 5.96 Å². The van der Waals surface area contributed by atoms with Gasteiger partial charge in [0.25, 0.3) is 0 Å². The Balaban J connectivity index is 1.62. The predicted molar refractivity (Wildman–Crippen MR) is 121 cm³/mol. The molecule has 0 bridgehead atoms. The van der Waals surface area contributed by atoms with Gasteiger partial charge in [-0.3, -0.25) is 4.31 Å². The van der Waals surface area contributed by atoms with Gasteiger partial charge in [-0.2, -0.15) is 0 Å². The molecule has 0 spiro atoms. The molecule has 8 heteroatoms. The second kappa shape index (κ2) is 7.69. The van der Waals surface area contributed by atoms with Crippen molar-refractivity contribution in [2.45, 2.75) is 32.2 Å². The first-order valence-electron chi connectivity index (χ1n) is 9.40. The van der Waals surface area contributed by atoms with E-state index < -0.39 is 5.54 Å². The van der Waals surface area contributed by atoms with Crippen LogP contribution in [0.25, 0.3) is 16.3 Å². The number of nitrogens with one attached hydrogen (secondary N) is 1. The van der Waals surface area contributed by atoms with Crippen LogP contribution in [0, 0.1) is 5.92 Å². The van der Waals surface area contributed by atoms with Crippen LogP contribution in [0.4, 0.5) is 0 Å². The molecule has 2 unspecified atom stereocenters. The van der Waals surface area contributed by atoms with Gasteiger partial charge < -0.3 is 15.5 Å². The first kappa shape index (κ1) is 19.7. The number of guanidine groups is 1. The molecule has 2 aromatic heterocycles. The number of H-pyrrole nitrogens is 1. The van der Waals surface area contributed by atoms with E-state index in [-0.39, 0.29) is 0 Å². The Kier molecular flexibility index (Phi) is 5.42. The van der Waals surface area contributed by atoms with Crippen LogP contribution < -0.4 is 5.73 Å². The number of hydrogen-bond donors (Lipinski definition) is 2. The molecule has 0 aliphatic carbocycles. The number of thiophene rings is 1. The number of aromatic nitrogens is 1. The quantitative estimate of drug-likeness (QED) is 0.640. The SMILES string of the molecule is CC1CC=C(c2ccc(-c3cc(Cl)c(C4(C)CSN(C)C(N)=N4)s3)[nH]2)OCC1. The lowest BCUT2D eigenvalue weighted by Crippen LogP contribution is -2.39. The van der Waals surface area contributed by atoms with E-state index in [1.807, 2.05) is 17.4 Å². The number of aliphatic imine (C=N–C) groups is 1. The highest BCUT2D eigenvalue weighted by molar-refractivity contribution is 7.97. The Morgan fingerprint density at radius 2 is 2.18 bits per heavy atom. The monoisotopic (exact) mass is 436 g/mol. The van der Waals surface area contributed by atoms with E-state index >= 15 is 0 Å². The van der Waals surface area contributed by atoms with Crippen LogP contribution in [0.1, 0.15) is 37.3 Å². The van der Waals surface area contributed by atoms with E-state index in [9.17, 15) is 0 Å². The van der Waals surface area contributed by atoms with Crippen molar-refractivity contribution in [2.24, 2.45) is 16.6 Å². The second-order valence-corrected chi connectivity index (χ2v) is 10.2. The number of aromatic amines is 1. The van der Waals surface area contributed by atoms with Gasteiger partial charge in [-0.25, -0.2) is 4.99 Å². The van der Waals surface area contributed by atoms with Crippen molar-refractivity contribution in [3.05, 3.63) is 39.9 Å². The van der Waals surface area contributed by atoms with Crippen LogP contribution in [0.3, 0.4) is 0 Å². The zero-order valence-electron chi connectivity index (χ0n) is 16.3. The highest BCUT2D eigenvalue weighted by Crippen LogP contribution is 2.45. The van der Waals surface area contributed by atoms with Crippen molar-refractivity contribution in [1.82, 2.24) is 9.29 Å². The zero-order chi connectivity index (χ0) is 19.9. The maximum Gasteiger partial charge on any atom is 0.202 e. The van der Waals surface area contributed by atoms with Crippen molar-refractivity contribution in [1.29, 1.82) is 0 Å². The van der Waals surface area contributed by atoms with Crippen LogP contribution in [0.2, 0.25) is 5.02 Å². The van der Waals surface area contributed by atoms with E-state index in [4.69, 9.17) is 27.1 Å². The van der Waals surface area contributed by atoms with Gasteiger partial charge in [-0.1, -0.05) is 18.5 Å². The highest BCUT2D eigenvalue weighted by Gasteiger charge is 2.35. The lowest BCUT2D eigenvalue weighted by atomic mass is 10.0. The van der Waals surface area contributed by atoms with Crippen molar-refractivity contribution >= 4 is 46.6 Å². The topological polar surface area (TPSA) is 66.6 Å². The maximum atomic E-state index is 6.62. The Bertz CT molecular complexity index is 935. The molecule has 0 saturated carbocycles. The number of rotatable bonds is 3. The summed E-state index contributed by atoms with van der Waals surface area (Å²) in [7, 11) is 1.93. The number of nitrogens with zero attached hydrogens (tertiary/aromatic N) is 2. The van der Waals surface area contributed by atoms with Crippen LogP contribution in [-0.2, 0) is 10.3 Å². The van der Waals surface area contributed by atoms with Crippen LogP contribution >= 0.6 is 34.9 Å². The molecule has 0 saturated heterocycles. The van der Waals surface area contributed by atoms with E-state index in [0.717, 1.165) is 57.1 Å². The summed E-state index contributed by atoms with van der Waals surface area (Å²) in [4.78, 5) is 10.3. The van der Waals surface area contributed by atoms with Crippen molar-refractivity contribution in [3.8, 4) is 10.6 Å². The van der Waals surface area contributed by atoms with Crippen molar-refractivity contribution < 1.29 is 4.74 Å². The molecule has 0 amide bonds. The Hall–Kier alpha value is -1.57. The normalized spacial score (nSPS) is 25.7. The summed E-state index contributed by atoms with van der Waals surface area (Å²) in [6.07, 6.45) is 4.32. The fourth-order valence-electron chi connectivity index (χ4n) is 3.35. The third kappa shape index (κ3) is 3.80. The molecule has 2 aromatic rings. The summed E-state index contributed by atoms with van der Waals surface area (Å²) in [5, 5.41) is 0.735. The number of halogens is 1. The summed E-state index contributed by atoms with van der Waals surface area (Å²) in [6, 6.07) is 6.18. The molecule has 28 heavy (non-hydrogen) atoms. The second-order valence-electron chi connectivity index (χ2n) is 7.63. The third-order valence-electron chi connectivity index (χ3n) is 5.19. The zero-order valence-corrected chi connectivity index (χ0v) is 18.7. The lowest BCUT2D eigenvalue weighted by Gasteiger charge is -2.33. The number of nitrogens with two attached hydrogens (primary N) is 1. The van der Waals surface area contributed by atoms with E-state index in [1.165, 1.54) is 0 Å². The fraction of sp³-hybridized carbons (Fsp3) is 0.450. The van der Waals surface area contributed by atoms with Gasteiger partial charge in [-0.05, 0) is 61.9 Å². The maximum absolute atomic E-state index is 6.62. The summed E-state index contributed by atoms with van der Waals surface area (Å²) in [5.74, 6) is 2.93. The predicted octanol–water partition coefficient (Wildman–Crippen LogP) is 5.31. The van der Waals surface area contributed by atoms with E-state index in [0.29, 0.717) is 11.9 Å². The average Bonchev–Trinajstić information content (AvgIpc) is 3.23. The molecule has 2 aliphatic heterocycles. The van der Waals surface area contributed by atoms with Gasteiger partial charge in [0.1, 0.15) is 11.3 Å². The first-order valence-corrected chi connectivity index (χ1v) is 11.5. The molecule has 4 rings (SSSR count). The minimum Gasteiger partial charge on any atom is -0.492 e. The summed E-state index contributed by atoms with van der Waals surface area (Å²) in [6.45, 7) is 5.11. The molecule has 2 aliphatic rings. The molecule has 2 atom stereocenters. The average molecular weight is 437 g/mol. The van der Waals surface area contributed by atoms with Gasteiger partial charge in [-0.15, -0.1) is 11.3 Å². The minimum absolute atomic E-state index is 0.417. The highest BCUT2D eigenvalue weighted by atomic mass is 35.5. The number of hydrogen-bond acceptors (Lipinski definition) is 6. The Labute approximate surface area is 179 Å². The molecule has 0 fully saturated rings. The Morgan fingerprint density at radius 1 is 1.39 bits per heavy atom. The molecule has 4 heterocycles. The molecule has 3 N–H and O–H groups in total. The van der Waals surface area contributed by atoms with Crippen LogP contribution in [0.5, 0.6) is 0 Å². The van der Waals surface area contributed by atoms with Crippen LogP contribution in [-0.4, -0.2) is 34.7 Å². The van der Waals surface area contributed by atoms with E-state index in [1.54, 1.807) is 23.3 Å². The van der Waals surface area contributed by atoms with Gasteiger partial charge >= 0.3 is 0 Å². The third-order valence-corrected chi connectivity index (χ3v) is 8.29. The number of allylic oxidation sites excluding steroid dienone is 1. The van der Waals surface area contributed by atoms with Gasteiger partial charge in [0.05, 0.1) is 32.8 Å². The summed E-state index contributed by atoms with van der Waals surface area (Å²) < 4.78 is 7.83. The minimum atomic E-state index is -0.417. The molecular formula is C20H25ClN4OS2. The van der Waals surface area contributed by atoms with Gasteiger partial charge in [0.15, 0.2) is 0 Å². The van der Waals surface area contributed by atoms with E-state index in [2.05, 4.69) is 37.0 Å². The molecular weight excluding hydrogens is 412 g/mol. The molecule has 0 aromatic carbocycles. The number of ether oxygens (including phenoxy) is 1. The largest absolute Gasteiger partial charge is 0.492 e. The summed E-state index contributed by atoms with van der Waals surface area (Å²) in [5.41, 5.74) is 7.69. The standard InChI is InChI=1S/C20H25ClN4OS2/c1-12-4-7-16(26-9-8-12)14-5-6-15(23-14)17-10-13(21)18(28-17)20(2)11-27-25(3)19(22)24-20/h5-7,10,12,23H,4,8-9,11H2,1-3H3,(H2,22,24). The molecule has 150 valence electrons. The van der Waals surface area contributed by atoms with Gasteiger partial charge in [0, 0.05) is 12.8 Å². The lowest BCUT2D eigenvalue weighted by molar-refractivity contribution is 0.259. The van der Waals surface area contributed by atoms with Crippen molar-refractivity contribution in [2.75, 3.05) is 19.4 Å². The van der Waals surface area contributed by atoms with Crippen LogP contribution in [0.15, 0.2) is 29.3 Å². The summed E-state index contributed by atoms with van der Waals surface area (Å²) >= 11 is 9.95. The molecule has 5 nitrogen and oxygen atoms in total. The van der Waals surface area contributed by atoms with Crippen molar-refractivity contribution in [3.63, 3.8) is 0 Å².